The van der Waals surface area contributed by atoms with Gasteiger partial charge in [0.1, 0.15) is 0 Å². The van der Waals surface area contributed by atoms with E-state index in [9.17, 15) is 0 Å². The normalized spacial score (nSPS) is 17.8. The second-order valence-corrected chi connectivity index (χ2v) is 6.98. The average Bonchev–Trinajstić information content (AvgIpc) is 2.99. The molecule has 126 valence electrons. The standard InChI is InChI=1S/C16H28N4S.HI/c1-14(13-20-9-3-2-4-10-20)12-19-16(17)18-8-7-15-6-5-11-21-15;/h5-6,11,14H,2-4,7-10,12-13H2,1H3,(H3,17,18,19);1H. The van der Waals surface area contributed by atoms with Gasteiger partial charge in [0.2, 0.25) is 0 Å². The van der Waals surface area contributed by atoms with Crippen molar-refractivity contribution in [3.05, 3.63) is 22.4 Å². The molecular formula is C16H29IN4S. The van der Waals surface area contributed by atoms with Crippen molar-refractivity contribution in [2.45, 2.75) is 32.6 Å². The maximum Gasteiger partial charge on any atom is 0.188 e. The Hall–Kier alpha value is -0.340. The van der Waals surface area contributed by atoms with Crippen LogP contribution in [0.15, 0.2) is 22.5 Å². The van der Waals surface area contributed by atoms with Crippen molar-refractivity contribution >= 4 is 41.3 Å². The molecule has 1 unspecified atom stereocenters. The van der Waals surface area contributed by atoms with Gasteiger partial charge in [-0.15, -0.1) is 35.3 Å². The van der Waals surface area contributed by atoms with Crippen molar-refractivity contribution in [1.82, 2.24) is 10.2 Å². The summed E-state index contributed by atoms with van der Waals surface area (Å²) in [5.74, 6) is 1.15. The van der Waals surface area contributed by atoms with E-state index in [1.165, 1.54) is 37.2 Å². The van der Waals surface area contributed by atoms with E-state index in [0.29, 0.717) is 11.9 Å². The third-order valence-electron chi connectivity index (χ3n) is 3.85. The lowest BCUT2D eigenvalue weighted by molar-refractivity contribution is 0.203. The predicted molar refractivity (Wildman–Crippen MR) is 107 cm³/mol. The summed E-state index contributed by atoms with van der Waals surface area (Å²) >= 11 is 1.79. The van der Waals surface area contributed by atoms with Crippen LogP contribution < -0.4 is 11.1 Å². The van der Waals surface area contributed by atoms with E-state index >= 15 is 0 Å². The molecule has 1 aromatic rings. The second-order valence-electron chi connectivity index (χ2n) is 5.95. The highest BCUT2D eigenvalue weighted by atomic mass is 127. The molecule has 0 spiro atoms. The SMILES string of the molecule is CC(CN=C(N)NCCc1cccs1)CN1CCCCC1.I. The van der Waals surface area contributed by atoms with Gasteiger partial charge in [0, 0.05) is 24.5 Å². The number of nitrogens with two attached hydrogens (primary N) is 1. The smallest absolute Gasteiger partial charge is 0.188 e. The molecule has 0 saturated carbocycles. The Balaban J connectivity index is 0.00000242. The summed E-state index contributed by atoms with van der Waals surface area (Å²) in [5.41, 5.74) is 5.92. The van der Waals surface area contributed by atoms with Gasteiger partial charge in [0.05, 0.1) is 0 Å². The number of hydrogen-bond acceptors (Lipinski definition) is 3. The highest BCUT2D eigenvalue weighted by molar-refractivity contribution is 14.0. The van der Waals surface area contributed by atoms with Crippen LogP contribution in [0.5, 0.6) is 0 Å². The third kappa shape index (κ3) is 7.78. The Kier molecular flexibility index (Phi) is 10.1. The summed E-state index contributed by atoms with van der Waals surface area (Å²) in [7, 11) is 0. The van der Waals surface area contributed by atoms with Gasteiger partial charge in [-0.3, -0.25) is 4.99 Å². The molecule has 3 N–H and O–H groups in total. The molecular weight excluding hydrogens is 407 g/mol. The molecule has 0 aromatic carbocycles. The van der Waals surface area contributed by atoms with E-state index in [4.69, 9.17) is 5.73 Å². The van der Waals surface area contributed by atoms with Crippen LogP contribution >= 0.6 is 35.3 Å². The number of aliphatic imine (C=N–C) groups is 1. The molecule has 1 aromatic heterocycles. The number of piperidine rings is 1. The minimum absolute atomic E-state index is 0. The van der Waals surface area contributed by atoms with Crippen LogP contribution in [0, 0.1) is 5.92 Å². The zero-order valence-electron chi connectivity index (χ0n) is 13.5. The molecule has 1 atom stereocenters. The Labute approximate surface area is 155 Å². The van der Waals surface area contributed by atoms with Gasteiger partial charge in [0.25, 0.3) is 0 Å². The lowest BCUT2D eigenvalue weighted by atomic mass is 10.1. The van der Waals surface area contributed by atoms with Crippen LogP contribution in [0.25, 0.3) is 0 Å². The van der Waals surface area contributed by atoms with Crippen molar-refractivity contribution in [3.8, 4) is 0 Å². The van der Waals surface area contributed by atoms with Crippen LogP contribution in [0.4, 0.5) is 0 Å². The van der Waals surface area contributed by atoms with Crippen LogP contribution in [0.3, 0.4) is 0 Å². The maximum absolute atomic E-state index is 5.92. The number of thiophene rings is 1. The summed E-state index contributed by atoms with van der Waals surface area (Å²) in [5, 5.41) is 5.31. The summed E-state index contributed by atoms with van der Waals surface area (Å²) in [6, 6.07) is 4.24. The summed E-state index contributed by atoms with van der Waals surface area (Å²) in [4.78, 5) is 8.41. The van der Waals surface area contributed by atoms with Crippen molar-refractivity contribution in [3.63, 3.8) is 0 Å². The first-order chi connectivity index (χ1) is 10.2. The van der Waals surface area contributed by atoms with E-state index in [1.807, 2.05) is 0 Å². The lowest BCUT2D eigenvalue weighted by Gasteiger charge is -2.28. The highest BCUT2D eigenvalue weighted by Gasteiger charge is 2.13. The Morgan fingerprint density at radius 2 is 2.18 bits per heavy atom. The van der Waals surface area contributed by atoms with Gasteiger partial charge in [-0.25, -0.2) is 0 Å². The second kappa shape index (κ2) is 11.2. The fourth-order valence-corrected chi connectivity index (χ4v) is 3.43. The molecule has 0 aliphatic carbocycles. The molecule has 22 heavy (non-hydrogen) atoms. The minimum Gasteiger partial charge on any atom is -0.370 e. The number of nitrogens with one attached hydrogen (secondary N) is 1. The van der Waals surface area contributed by atoms with Gasteiger partial charge in [-0.05, 0) is 49.7 Å². The molecule has 0 amide bonds. The van der Waals surface area contributed by atoms with Gasteiger partial charge in [-0.2, -0.15) is 0 Å². The first-order valence-electron chi connectivity index (χ1n) is 8.02. The van der Waals surface area contributed by atoms with Crippen molar-refractivity contribution in [2.24, 2.45) is 16.6 Å². The first kappa shape index (κ1) is 19.7. The third-order valence-corrected chi connectivity index (χ3v) is 4.79. The fourth-order valence-electron chi connectivity index (χ4n) is 2.72. The van der Waals surface area contributed by atoms with E-state index in [1.54, 1.807) is 11.3 Å². The zero-order valence-corrected chi connectivity index (χ0v) is 16.6. The summed E-state index contributed by atoms with van der Waals surface area (Å²) in [6.45, 7) is 7.58. The number of nitrogens with zero attached hydrogens (tertiary/aromatic N) is 2. The first-order valence-corrected chi connectivity index (χ1v) is 8.90. The number of likely N-dealkylation sites (tertiary alicyclic amines) is 1. The van der Waals surface area contributed by atoms with E-state index in [2.05, 4.69) is 39.6 Å². The molecule has 1 aliphatic heterocycles. The zero-order chi connectivity index (χ0) is 14.9. The van der Waals surface area contributed by atoms with Gasteiger partial charge >= 0.3 is 0 Å². The molecule has 2 rings (SSSR count). The number of rotatable bonds is 7. The molecule has 6 heteroatoms. The minimum atomic E-state index is 0. The summed E-state index contributed by atoms with van der Waals surface area (Å²) < 4.78 is 0. The van der Waals surface area contributed by atoms with E-state index in [0.717, 1.165) is 26.1 Å². The molecule has 2 heterocycles. The molecule has 1 saturated heterocycles. The van der Waals surface area contributed by atoms with Crippen molar-refractivity contribution in [1.29, 1.82) is 0 Å². The monoisotopic (exact) mass is 436 g/mol. The highest BCUT2D eigenvalue weighted by Crippen LogP contribution is 2.11. The van der Waals surface area contributed by atoms with Gasteiger partial charge in [-0.1, -0.05) is 19.4 Å². The number of guanidine groups is 1. The molecule has 0 bridgehead atoms. The Bertz CT molecular complexity index is 416. The molecule has 0 radical (unpaired) electrons. The quantitative estimate of drug-likeness (QED) is 0.393. The number of hydrogen-bond donors (Lipinski definition) is 2. The average molecular weight is 436 g/mol. The van der Waals surface area contributed by atoms with Crippen LogP contribution in [0.1, 0.15) is 31.1 Å². The van der Waals surface area contributed by atoms with E-state index < -0.39 is 0 Å². The molecule has 4 nitrogen and oxygen atoms in total. The topological polar surface area (TPSA) is 53.6 Å². The summed E-state index contributed by atoms with van der Waals surface area (Å²) in [6.07, 6.45) is 5.10. The van der Waals surface area contributed by atoms with Crippen LogP contribution in [-0.4, -0.2) is 43.6 Å². The lowest BCUT2D eigenvalue weighted by Crippen LogP contribution is -2.36. The van der Waals surface area contributed by atoms with Gasteiger partial charge < -0.3 is 16.0 Å². The Morgan fingerprint density at radius 1 is 1.41 bits per heavy atom. The molecule has 1 fully saturated rings. The number of halogens is 1. The van der Waals surface area contributed by atoms with Crippen LogP contribution in [-0.2, 0) is 6.42 Å². The van der Waals surface area contributed by atoms with E-state index in [-0.39, 0.29) is 24.0 Å². The maximum atomic E-state index is 5.92. The van der Waals surface area contributed by atoms with Crippen LogP contribution in [0.2, 0.25) is 0 Å². The Morgan fingerprint density at radius 3 is 2.86 bits per heavy atom. The van der Waals surface area contributed by atoms with Crippen molar-refractivity contribution < 1.29 is 0 Å². The van der Waals surface area contributed by atoms with Crippen molar-refractivity contribution in [2.75, 3.05) is 32.7 Å². The molecule has 1 aliphatic rings. The fraction of sp³-hybridized carbons (Fsp3) is 0.688. The predicted octanol–water partition coefficient (Wildman–Crippen LogP) is 2.93. The van der Waals surface area contributed by atoms with Gasteiger partial charge in [0.15, 0.2) is 5.96 Å². The largest absolute Gasteiger partial charge is 0.370 e.